The summed E-state index contributed by atoms with van der Waals surface area (Å²) in [5.41, 5.74) is 5.28. The van der Waals surface area contributed by atoms with Crippen LogP contribution in [0, 0.1) is 5.41 Å². The first-order valence-electron chi connectivity index (χ1n) is 7.33. The Morgan fingerprint density at radius 2 is 1.89 bits per heavy atom. The summed E-state index contributed by atoms with van der Waals surface area (Å²) >= 11 is 0. The van der Waals surface area contributed by atoms with Gasteiger partial charge in [0.2, 0.25) is 5.91 Å². The standard InChI is InChI=1S/C14H29N3O/c1-3-14(2,12-15)13(18)16-8-11-17-9-6-4-5-7-10-17/h3-12,15H2,1-2H3,(H,16,18). The maximum atomic E-state index is 12.0. The maximum Gasteiger partial charge on any atom is 0.227 e. The summed E-state index contributed by atoms with van der Waals surface area (Å²) < 4.78 is 0. The number of nitrogens with zero attached hydrogens (tertiary/aromatic N) is 1. The number of hydrogen-bond donors (Lipinski definition) is 2. The van der Waals surface area contributed by atoms with Gasteiger partial charge in [-0.1, -0.05) is 19.8 Å². The molecule has 1 unspecified atom stereocenters. The maximum absolute atomic E-state index is 12.0. The van der Waals surface area contributed by atoms with Crippen molar-refractivity contribution in [1.29, 1.82) is 0 Å². The molecule has 1 fully saturated rings. The van der Waals surface area contributed by atoms with Crippen molar-refractivity contribution in [3.8, 4) is 0 Å². The summed E-state index contributed by atoms with van der Waals surface area (Å²) in [6.07, 6.45) is 6.08. The van der Waals surface area contributed by atoms with Gasteiger partial charge in [0, 0.05) is 19.6 Å². The van der Waals surface area contributed by atoms with Crippen LogP contribution in [0.25, 0.3) is 0 Å². The predicted molar refractivity (Wildman–Crippen MR) is 75.4 cm³/mol. The fourth-order valence-electron chi connectivity index (χ4n) is 2.30. The second-order valence-corrected chi connectivity index (χ2v) is 5.63. The summed E-state index contributed by atoms with van der Waals surface area (Å²) in [5, 5.41) is 3.03. The summed E-state index contributed by atoms with van der Waals surface area (Å²) in [5.74, 6) is 0.0994. The lowest BCUT2D eigenvalue weighted by Crippen LogP contribution is -2.45. The van der Waals surface area contributed by atoms with Crippen LogP contribution in [0.1, 0.15) is 46.0 Å². The van der Waals surface area contributed by atoms with Crippen molar-refractivity contribution in [2.24, 2.45) is 11.1 Å². The van der Waals surface area contributed by atoms with E-state index in [-0.39, 0.29) is 5.91 Å². The first kappa shape index (κ1) is 15.4. The molecular weight excluding hydrogens is 226 g/mol. The van der Waals surface area contributed by atoms with Gasteiger partial charge in [0.1, 0.15) is 0 Å². The van der Waals surface area contributed by atoms with Gasteiger partial charge in [-0.2, -0.15) is 0 Å². The van der Waals surface area contributed by atoms with E-state index in [1.807, 2.05) is 13.8 Å². The predicted octanol–water partition coefficient (Wildman–Crippen LogP) is 1.35. The Hall–Kier alpha value is -0.610. The third-order valence-electron chi connectivity index (χ3n) is 4.19. The molecular formula is C14H29N3O. The molecule has 0 aromatic heterocycles. The largest absolute Gasteiger partial charge is 0.354 e. The third-order valence-corrected chi connectivity index (χ3v) is 4.19. The molecule has 1 aliphatic heterocycles. The molecule has 0 aromatic carbocycles. The van der Waals surface area contributed by atoms with Crippen molar-refractivity contribution >= 4 is 5.91 Å². The molecule has 1 heterocycles. The van der Waals surface area contributed by atoms with E-state index in [9.17, 15) is 4.79 Å². The monoisotopic (exact) mass is 255 g/mol. The molecule has 1 aliphatic rings. The second-order valence-electron chi connectivity index (χ2n) is 5.63. The molecule has 0 radical (unpaired) electrons. The van der Waals surface area contributed by atoms with Gasteiger partial charge in [-0.05, 0) is 39.3 Å². The quantitative estimate of drug-likeness (QED) is 0.753. The molecule has 0 aliphatic carbocycles. The Balaban J connectivity index is 2.25. The highest BCUT2D eigenvalue weighted by Crippen LogP contribution is 2.18. The molecule has 3 N–H and O–H groups in total. The summed E-state index contributed by atoms with van der Waals surface area (Å²) in [7, 11) is 0. The number of nitrogens with two attached hydrogens (primary N) is 1. The van der Waals surface area contributed by atoms with E-state index >= 15 is 0 Å². The van der Waals surface area contributed by atoms with Gasteiger partial charge in [0.05, 0.1) is 5.41 Å². The molecule has 0 aromatic rings. The normalized spacial score (nSPS) is 21.1. The van der Waals surface area contributed by atoms with Crippen LogP contribution in [0.15, 0.2) is 0 Å². The second kappa shape index (κ2) is 7.74. The van der Waals surface area contributed by atoms with Gasteiger partial charge in [0.25, 0.3) is 0 Å². The van der Waals surface area contributed by atoms with Crippen LogP contribution in [0.5, 0.6) is 0 Å². The minimum Gasteiger partial charge on any atom is -0.354 e. The van der Waals surface area contributed by atoms with Crippen molar-refractivity contribution in [2.75, 3.05) is 32.7 Å². The van der Waals surface area contributed by atoms with E-state index in [1.165, 1.54) is 38.8 Å². The Morgan fingerprint density at radius 1 is 1.28 bits per heavy atom. The topological polar surface area (TPSA) is 58.4 Å². The Bertz CT molecular complexity index is 243. The molecule has 1 amide bonds. The average molecular weight is 255 g/mol. The zero-order chi connectivity index (χ0) is 13.4. The smallest absolute Gasteiger partial charge is 0.227 e. The molecule has 1 saturated heterocycles. The average Bonchev–Trinajstić information content (AvgIpc) is 2.66. The SMILES string of the molecule is CCC(C)(CN)C(=O)NCCN1CCCCCC1. The lowest BCUT2D eigenvalue weighted by molar-refractivity contribution is -0.129. The molecule has 1 rings (SSSR count). The van der Waals surface area contributed by atoms with Crippen molar-refractivity contribution < 1.29 is 4.79 Å². The number of amides is 1. The minimum atomic E-state index is -0.404. The third kappa shape index (κ3) is 4.58. The van der Waals surface area contributed by atoms with Crippen LogP contribution in [0.2, 0.25) is 0 Å². The first-order chi connectivity index (χ1) is 8.62. The van der Waals surface area contributed by atoms with Crippen molar-refractivity contribution in [3.05, 3.63) is 0 Å². The lowest BCUT2D eigenvalue weighted by Gasteiger charge is -2.26. The van der Waals surface area contributed by atoms with Crippen LogP contribution >= 0.6 is 0 Å². The van der Waals surface area contributed by atoms with E-state index in [0.717, 1.165) is 19.5 Å². The summed E-state index contributed by atoms with van der Waals surface area (Å²) in [6, 6.07) is 0. The van der Waals surface area contributed by atoms with E-state index in [2.05, 4.69) is 10.2 Å². The fourth-order valence-corrected chi connectivity index (χ4v) is 2.30. The van der Waals surface area contributed by atoms with Crippen molar-refractivity contribution in [2.45, 2.75) is 46.0 Å². The van der Waals surface area contributed by atoms with E-state index in [1.54, 1.807) is 0 Å². The van der Waals surface area contributed by atoms with Crippen LogP contribution < -0.4 is 11.1 Å². The van der Waals surface area contributed by atoms with Gasteiger partial charge >= 0.3 is 0 Å². The van der Waals surface area contributed by atoms with Crippen LogP contribution in [0.3, 0.4) is 0 Å². The Morgan fingerprint density at radius 3 is 2.39 bits per heavy atom. The van der Waals surface area contributed by atoms with Gasteiger partial charge in [-0.25, -0.2) is 0 Å². The number of carbonyl (C=O) groups excluding carboxylic acids is 1. The van der Waals surface area contributed by atoms with E-state index in [4.69, 9.17) is 5.73 Å². The molecule has 0 saturated carbocycles. The van der Waals surface area contributed by atoms with Crippen LogP contribution in [-0.2, 0) is 4.79 Å². The molecule has 0 spiro atoms. The molecule has 1 atom stereocenters. The van der Waals surface area contributed by atoms with Crippen LogP contribution in [-0.4, -0.2) is 43.5 Å². The molecule has 106 valence electrons. The van der Waals surface area contributed by atoms with Gasteiger partial charge in [-0.3, -0.25) is 4.79 Å². The summed E-state index contributed by atoms with van der Waals surface area (Å²) in [6.45, 7) is 8.44. The highest BCUT2D eigenvalue weighted by Gasteiger charge is 2.29. The minimum absolute atomic E-state index is 0.0994. The number of nitrogens with one attached hydrogen (secondary N) is 1. The lowest BCUT2D eigenvalue weighted by atomic mass is 9.87. The molecule has 4 nitrogen and oxygen atoms in total. The Labute approximate surface area is 111 Å². The van der Waals surface area contributed by atoms with Crippen molar-refractivity contribution in [1.82, 2.24) is 10.2 Å². The summed E-state index contributed by atoms with van der Waals surface area (Å²) in [4.78, 5) is 14.5. The zero-order valence-electron chi connectivity index (χ0n) is 12.0. The van der Waals surface area contributed by atoms with Crippen molar-refractivity contribution in [3.63, 3.8) is 0 Å². The van der Waals surface area contributed by atoms with Gasteiger partial charge in [0.15, 0.2) is 0 Å². The molecule has 18 heavy (non-hydrogen) atoms. The number of rotatable bonds is 6. The van der Waals surface area contributed by atoms with Gasteiger partial charge < -0.3 is 16.0 Å². The highest BCUT2D eigenvalue weighted by atomic mass is 16.2. The number of hydrogen-bond acceptors (Lipinski definition) is 3. The fraction of sp³-hybridized carbons (Fsp3) is 0.929. The van der Waals surface area contributed by atoms with E-state index < -0.39 is 5.41 Å². The first-order valence-corrected chi connectivity index (χ1v) is 7.33. The molecule has 0 bridgehead atoms. The number of likely N-dealkylation sites (tertiary alicyclic amines) is 1. The van der Waals surface area contributed by atoms with Gasteiger partial charge in [-0.15, -0.1) is 0 Å². The highest BCUT2D eigenvalue weighted by molar-refractivity contribution is 5.82. The number of carbonyl (C=O) groups is 1. The Kier molecular flexibility index (Phi) is 6.65. The zero-order valence-corrected chi connectivity index (χ0v) is 12.0. The van der Waals surface area contributed by atoms with E-state index in [0.29, 0.717) is 6.54 Å². The molecule has 4 heteroatoms. The van der Waals surface area contributed by atoms with Crippen LogP contribution in [0.4, 0.5) is 0 Å².